The number of sulfonamides is 1. The first-order valence-electron chi connectivity index (χ1n) is 7.02. The van der Waals surface area contributed by atoms with Crippen molar-refractivity contribution in [3.8, 4) is 0 Å². The highest BCUT2D eigenvalue weighted by Crippen LogP contribution is 2.23. The van der Waals surface area contributed by atoms with E-state index < -0.39 is 10.0 Å². The molecule has 0 aliphatic carbocycles. The molecule has 0 aliphatic heterocycles. The quantitative estimate of drug-likeness (QED) is 0.555. The van der Waals surface area contributed by atoms with Gasteiger partial charge < -0.3 is 5.73 Å². The van der Waals surface area contributed by atoms with E-state index in [0.29, 0.717) is 16.6 Å². The first kappa shape index (κ1) is 15.9. The molecule has 3 aromatic rings. The fourth-order valence-corrected chi connectivity index (χ4v) is 3.31. The summed E-state index contributed by atoms with van der Waals surface area (Å²) >= 11 is 0. The fraction of sp³-hybridized carbons (Fsp3) is 0.0625. The lowest BCUT2D eigenvalue weighted by Gasteiger charge is -2.10. The van der Waals surface area contributed by atoms with Gasteiger partial charge in [0.05, 0.1) is 22.9 Å². The van der Waals surface area contributed by atoms with Gasteiger partial charge in [0.15, 0.2) is 11.6 Å². The molecule has 0 spiro atoms. The molecule has 0 aliphatic rings. The molecule has 0 amide bonds. The van der Waals surface area contributed by atoms with Crippen LogP contribution in [0, 0.1) is 0 Å². The Morgan fingerprint density at radius 1 is 1.12 bits per heavy atom. The Labute approximate surface area is 138 Å². The van der Waals surface area contributed by atoms with Gasteiger partial charge >= 0.3 is 0 Å². The molecule has 3 N–H and O–H groups in total. The number of nitrogen functional groups attached to an aromatic ring is 1. The van der Waals surface area contributed by atoms with Crippen LogP contribution in [0.1, 0.15) is 17.3 Å². The molecule has 0 radical (unpaired) electrons. The zero-order chi connectivity index (χ0) is 17.3. The maximum absolute atomic E-state index is 12.5. The first-order chi connectivity index (χ1) is 11.4. The molecule has 2 aromatic carbocycles. The SMILES string of the molecule is CC(=O)c1ccc(S(=O)(=O)Nc2cnc3ccccc3n2)c(N)c1. The van der Waals surface area contributed by atoms with Crippen LogP contribution in [0.2, 0.25) is 0 Å². The molecule has 0 fully saturated rings. The molecule has 0 saturated carbocycles. The largest absolute Gasteiger partial charge is 0.398 e. The second kappa shape index (κ2) is 5.89. The smallest absolute Gasteiger partial charge is 0.265 e. The average Bonchev–Trinajstić information content (AvgIpc) is 2.54. The number of Topliss-reactive ketones (excluding diaryl/α,β-unsaturated/α-hetero) is 1. The van der Waals surface area contributed by atoms with Gasteiger partial charge in [0.2, 0.25) is 0 Å². The van der Waals surface area contributed by atoms with E-state index >= 15 is 0 Å². The topological polar surface area (TPSA) is 115 Å². The van der Waals surface area contributed by atoms with E-state index in [1.54, 1.807) is 18.2 Å². The third-order valence-corrected chi connectivity index (χ3v) is 4.82. The normalized spacial score (nSPS) is 11.4. The van der Waals surface area contributed by atoms with Crippen molar-refractivity contribution >= 4 is 38.3 Å². The number of rotatable bonds is 4. The predicted octanol–water partition coefficient (Wildman–Crippen LogP) is 2.22. The lowest BCUT2D eigenvalue weighted by Crippen LogP contribution is -2.16. The number of benzene rings is 2. The summed E-state index contributed by atoms with van der Waals surface area (Å²) in [6, 6.07) is 11.2. The molecule has 24 heavy (non-hydrogen) atoms. The molecule has 8 heteroatoms. The van der Waals surface area contributed by atoms with Gasteiger partial charge in [-0.05, 0) is 37.3 Å². The molecule has 0 unspecified atom stereocenters. The number of fused-ring (bicyclic) bond motifs is 1. The molecule has 122 valence electrons. The van der Waals surface area contributed by atoms with Crippen LogP contribution in [0.5, 0.6) is 0 Å². The number of anilines is 2. The van der Waals surface area contributed by atoms with Gasteiger partial charge in [0.25, 0.3) is 10.0 Å². The van der Waals surface area contributed by atoms with Crippen LogP contribution >= 0.6 is 0 Å². The van der Waals surface area contributed by atoms with Crippen LogP contribution in [0.3, 0.4) is 0 Å². The average molecular weight is 342 g/mol. The second-order valence-electron chi connectivity index (χ2n) is 5.16. The number of carbonyl (C=O) groups excluding carboxylic acids is 1. The van der Waals surface area contributed by atoms with Crippen molar-refractivity contribution in [2.24, 2.45) is 0 Å². The summed E-state index contributed by atoms with van der Waals surface area (Å²) in [4.78, 5) is 19.6. The molecular formula is C16H14N4O3S. The molecule has 7 nitrogen and oxygen atoms in total. The summed E-state index contributed by atoms with van der Waals surface area (Å²) in [6.07, 6.45) is 1.33. The molecule has 3 rings (SSSR count). The number of carbonyl (C=O) groups is 1. The third-order valence-electron chi connectivity index (χ3n) is 3.39. The summed E-state index contributed by atoms with van der Waals surface area (Å²) in [7, 11) is -3.94. The number of hydrogen-bond acceptors (Lipinski definition) is 6. The molecule has 0 atom stereocenters. The predicted molar refractivity (Wildman–Crippen MR) is 91.2 cm³/mol. The van der Waals surface area contributed by atoms with E-state index in [1.807, 2.05) is 6.07 Å². The standard InChI is InChI=1S/C16H14N4O3S/c1-10(21)11-6-7-15(12(17)8-11)24(22,23)20-16-9-18-13-4-2-3-5-14(13)19-16/h2-9H,17H2,1H3,(H,19,20). The van der Waals surface area contributed by atoms with Crippen molar-refractivity contribution in [3.05, 3.63) is 54.2 Å². The van der Waals surface area contributed by atoms with Crippen molar-refractivity contribution < 1.29 is 13.2 Å². The zero-order valence-corrected chi connectivity index (χ0v) is 13.5. The molecule has 0 bridgehead atoms. The minimum absolute atomic E-state index is 0.0102. The Bertz CT molecular complexity index is 1050. The minimum atomic E-state index is -3.94. The number of nitrogens with zero attached hydrogens (tertiary/aromatic N) is 2. The Kier molecular flexibility index (Phi) is 3.90. The van der Waals surface area contributed by atoms with Crippen LogP contribution in [0.4, 0.5) is 11.5 Å². The van der Waals surface area contributed by atoms with Gasteiger partial charge in [-0.25, -0.2) is 13.4 Å². The minimum Gasteiger partial charge on any atom is -0.398 e. The molecule has 1 heterocycles. The van der Waals surface area contributed by atoms with Crippen molar-refractivity contribution in [1.29, 1.82) is 0 Å². The van der Waals surface area contributed by atoms with E-state index in [9.17, 15) is 13.2 Å². The van der Waals surface area contributed by atoms with Gasteiger partial charge in [-0.1, -0.05) is 12.1 Å². The highest BCUT2D eigenvalue weighted by atomic mass is 32.2. The van der Waals surface area contributed by atoms with Crippen LogP contribution in [-0.4, -0.2) is 24.2 Å². The van der Waals surface area contributed by atoms with E-state index in [4.69, 9.17) is 5.73 Å². The number of hydrogen-bond donors (Lipinski definition) is 2. The van der Waals surface area contributed by atoms with Gasteiger partial charge in [-0.15, -0.1) is 0 Å². The Balaban J connectivity index is 1.96. The Morgan fingerprint density at radius 2 is 1.83 bits per heavy atom. The van der Waals surface area contributed by atoms with E-state index in [1.165, 1.54) is 31.3 Å². The highest BCUT2D eigenvalue weighted by molar-refractivity contribution is 7.92. The third kappa shape index (κ3) is 3.04. The maximum Gasteiger partial charge on any atom is 0.265 e. The maximum atomic E-state index is 12.5. The van der Waals surface area contributed by atoms with E-state index in [-0.39, 0.29) is 22.2 Å². The van der Waals surface area contributed by atoms with Crippen LogP contribution in [-0.2, 0) is 10.0 Å². The summed E-state index contributed by atoms with van der Waals surface area (Å²) < 4.78 is 27.3. The Hall–Kier alpha value is -3.00. The number of ketones is 1. The lowest BCUT2D eigenvalue weighted by atomic mass is 10.1. The number of para-hydroxylation sites is 2. The second-order valence-corrected chi connectivity index (χ2v) is 6.81. The summed E-state index contributed by atoms with van der Waals surface area (Å²) in [5.74, 6) is -0.109. The van der Waals surface area contributed by atoms with Gasteiger partial charge in [-0.3, -0.25) is 14.5 Å². The van der Waals surface area contributed by atoms with Crippen molar-refractivity contribution in [1.82, 2.24) is 9.97 Å². The summed E-state index contributed by atoms with van der Waals surface area (Å²) in [6.45, 7) is 1.38. The molecule has 0 saturated heterocycles. The fourth-order valence-electron chi connectivity index (χ4n) is 2.21. The zero-order valence-electron chi connectivity index (χ0n) is 12.7. The summed E-state index contributed by atoms with van der Waals surface area (Å²) in [5, 5.41) is 0. The number of aromatic nitrogens is 2. The van der Waals surface area contributed by atoms with Crippen LogP contribution in [0.15, 0.2) is 53.6 Å². The highest BCUT2D eigenvalue weighted by Gasteiger charge is 2.19. The molecule has 1 aromatic heterocycles. The first-order valence-corrected chi connectivity index (χ1v) is 8.50. The van der Waals surface area contributed by atoms with Crippen LogP contribution < -0.4 is 10.5 Å². The van der Waals surface area contributed by atoms with E-state index in [2.05, 4.69) is 14.7 Å². The lowest BCUT2D eigenvalue weighted by molar-refractivity contribution is 0.101. The number of nitrogens with one attached hydrogen (secondary N) is 1. The van der Waals surface area contributed by atoms with E-state index in [0.717, 1.165) is 0 Å². The van der Waals surface area contributed by atoms with Crippen molar-refractivity contribution in [2.45, 2.75) is 11.8 Å². The van der Waals surface area contributed by atoms with Gasteiger partial charge in [0, 0.05) is 5.56 Å². The molecular weight excluding hydrogens is 328 g/mol. The van der Waals surface area contributed by atoms with Gasteiger partial charge in [-0.2, -0.15) is 0 Å². The van der Waals surface area contributed by atoms with Crippen LogP contribution in [0.25, 0.3) is 11.0 Å². The monoisotopic (exact) mass is 342 g/mol. The summed E-state index contributed by atoms with van der Waals surface area (Å²) in [5.41, 5.74) is 7.34. The Morgan fingerprint density at radius 3 is 2.50 bits per heavy atom. The van der Waals surface area contributed by atoms with Gasteiger partial charge in [0.1, 0.15) is 4.90 Å². The number of nitrogens with two attached hydrogens (primary N) is 1. The van der Waals surface area contributed by atoms with Crippen molar-refractivity contribution in [3.63, 3.8) is 0 Å². The van der Waals surface area contributed by atoms with Crippen molar-refractivity contribution in [2.75, 3.05) is 10.5 Å².